The maximum absolute atomic E-state index is 12.3. The van der Waals surface area contributed by atoms with Gasteiger partial charge in [0, 0.05) is 6.42 Å². The monoisotopic (exact) mass is 566 g/mol. The van der Waals surface area contributed by atoms with Crippen LogP contribution in [0.5, 0.6) is 0 Å². The van der Waals surface area contributed by atoms with Crippen LogP contribution in [0.3, 0.4) is 0 Å². The van der Waals surface area contributed by atoms with E-state index in [9.17, 15) is 15.0 Å². The molecule has 0 heterocycles. The Morgan fingerprint density at radius 2 is 0.925 bits per heavy atom. The Morgan fingerprint density at radius 3 is 1.30 bits per heavy atom. The Kier molecular flexibility index (Phi) is 31.9. The number of rotatable bonds is 32. The number of carbonyl (C=O) groups excluding carboxylic acids is 1. The summed E-state index contributed by atoms with van der Waals surface area (Å²) in [5.74, 6) is -0.0643. The lowest BCUT2D eigenvalue weighted by Crippen LogP contribution is -2.45. The van der Waals surface area contributed by atoms with E-state index in [0.717, 1.165) is 25.7 Å². The van der Waals surface area contributed by atoms with Crippen molar-refractivity contribution < 1.29 is 15.0 Å². The lowest BCUT2D eigenvalue weighted by Gasteiger charge is -2.20. The normalized spacial score (nSPS) is 13.2. The van der Waals surface area contributed by atoms with Gasteiger partial charge in [-0.05, 0) is 19.3 Å². The van der Waals surface area contributed by atoms with Gasteiger partial charge in [0.1, 0.15) is 0 Å². The van der Waals surface area contributed by atoms with Gasteiger partial charge >= 0.3 is 0 Å². The fourth-order valence-electron chi connectivity index (χ4n) is 5.47. The first-order chi connectivity index (χ1) is 19.7. The highest BCUT2D eigenvalue weighted by Crippen LogP contribution is 2.15. The van der Waals surface area contributed by atoms with Crippen LogP contribution in [0.25, 0.3) is 0 Å². The van der Waals surface area contributed by atoms with Crippen LogP contribution in [0.2, 0.25) is 0 Å². The molecule has 0 radical (unpaired) electrons. The zero-order valence-corrected chi connectivity index (χ0v) is 27.1. The molecule has 0 bridgehead atoms. The van der Waals surface area contributed by atoms with E-state index in [1.807, 2.05) is 6.08 Å². The van der Waals surface area contributed by atoms with E-state index < -0.39 is 12.1 Å². The van der Waals surface area contributed by atoms with E-state index in [-0.39, 0.29) is 12.5 Å². The molecule has 0 aromatic carbocycles. The van der Waals surface area contributed by atoms with Gasteiger partial charge in [0.25, 0.3) is 0 Å². The van der Waals surface area contributed by atoms with Gasteiger partial charge in [0.05, 0.1) is 18.8 Å². The molecule has 40 heavy (non-hydrogen) atoms. The van der Waals surface area contributed by atoms with Crippen molar-refractivity contribution in [1.29, 1.82) is 0 Å². The first kappa shape index (κ1) is 39.1. The smallest absolute Gasteiger partial charge is 0.220 e. The van der Waals surface area contributed by atoms with Gasteiger partial charge in [-0.2, -0.15) is 0 Å². The number of hydrogen-bond donors (Lipinski definition) is 3. The maximum Gasteiger partial charge on any atom is 0.220 e. The molecule has 0 rings (SSSR count). The molecular formula is C36H71NO3. The highest BCUT2D eigenvalue weighted by Gasteiger charge is 2.17. The Morgan fingerprint density at radius 1 is 0.575 bits per heavy atom. The lowest BCUT2D eigenvalue weighted by molar-refractivity contribution is -0.123. The minimum Gasteiger partial charge on any atom is -0.394 e. The minimum atomic E-state index is -0.830. The first-order valence-electron chi connectivity index (χ1n) is 17.9. The highest BCUT2D eigenvalue weighted by molar-refractivity contribution is 5.76. The molecule has 0 aliphatic carbocycles. The summed E-state index contributed by atoms with van der Waals surface area (Å²) in [7, 11) is 0. The summed E-state index contributed by atoms with van der Waals surface area (Å²) >= 11 is 0. The largest absolute Gasteiger partial charge is 0.394 e. The fourth-order valence-corrected chi connectivity index (χ4v) is 5.47. The van der Waals surface area contributed by atoms with Gasteiger partial charge in [0.2, 0.25) is 5.91 Å². The van der Waals surface area contributed by atoms with Gasteiger partial charge in [-0.3, -0.25) is 4.79 Å². The standard InChI is InChI=1S/C36H71NO3/c1-3-5-7-9-11-13-14-15-16-17-18-19-20-21-22-24-26-28-30-32-36(40)37-34(33-38)35(39)31-29-27-25-23-12-10-8-6-4-2/h29,31,34-35,38-39H,3-28,30,32-33H2,1-2H3,(H,37,40)/b31-29+. The SMILES string of the molecule is CCCCCCCCC/C=C/C(O)C(CO)NC(=O)CCCCCCCCCCCCCCCCCCCCC. The Labute approximate surface area is 250 Å². The summed E-state index contributed by atoms with van der Waals surface area (Å²) in [5.41, 5.74) is 0. The molecule has 0 aliphatic heterocycles. The molecule has 0 fully saturated rings. The summed E-state index contributed by atoms with van der Waals surface area (Å²) in [4.78, 5) is 12.3. The van der Waals surface area contributed by atoms with E-state index in [2.05, 4.69) is 19.2 Å². The summed E-state index contributed by atoms with van der Waals surface area (Å²) in [6.45, 7) is 4.28. The zero-order valence-electron chi connectivity index (χ0n) is 27.1. The summed E-state index contributed by atoms with van der Waals surface area (Å²) in [5, 5.41) is 22.8. The number of nitrogens with one attached hydrogen (secondary N) is 1. The van der Waals surface area contributed by atoms with Crippen LogP contribution >= 0.6 is 0 Å². The molecule has 0 aliphatic rings. The molecule has 0 aromatic heterocycles. The van der Waals surface area contributed by atoms with Gasteiger partial charge in [0.15, 0.2) is 0 Å². The second kappa shape index (κ2) is 32.6. The highest BCUT2D eigenvalue weighted by atomic mass is 16.3. The number of unbranched alkanes of at least 4 members (excludes halogenated alkanes) is 25. The van der Waals surface area contributed by atoms with Crippen LogP contribution in [-0.4, -0.2) is 34.9 Å². The van der Waals surface area contributed by atoms with Crippen molar-refractivity contribution >= 4 is 5.91 Å². The van der Waals surface area contributed by atoms with Crippen LogP contribution in [0.4, 0.5) is 0 Å². The van der Waals surface area contributed by atoms with Crippen molar-refractivity contribution in [3.8, 4) is 0 Å². The molecule has 2 atom stereocenters. The lowest BCUT2D eigenvalue weighted by atomic mass is 10.0. The predicted molar refractivity (Wildman–Crippen MR) is 175 cm³/mol. The van der Waals surface area contributed by atoms with Crippen LogP contribution in [0, 0.1) is 0 Å². The first-order valence-corrected chi connectivity index (χ1v) is 17.9. The molecule has 238 valence electrons. The number of hydrogen-bond acceptors (Lipinski definition) is 3. The number of aliphatic hydroxyl groups excluding tert-OH is 2. The third kappa shape index (κ3) is 28.7. The third-order valence-electron chi connectivity index (χ3n) is 8.27. The minimum absolute atomic E-state index is 0.0643. The van der Waals surface area contributed by atoms with Gasteiger partial charge in [-0.15, -0.1) is 0 Å². The molecule has 4 nitrogen and oxygen atoms in total. The van der Waals surface area contributed by atoms with Crippen molar-refractivity contribution in [2.24, 2.45) is 0 Å². The summed E-state index contributed by atoms with van der Waals surface area (Å²) < 4.78 is 0. The van der Waals surface area contributed by atoms with Crippen molar-refractivity contribution in [1.82, 2.24) is 5.32 Å². The number of allylic oxidation sites excluding steroid dienone is 1. The second-order valence-corrected chi connectivity index (χ2v) is 12.3. The van der Waals surface area contributed by atoms with Crippen molar-refractivity contribution in [3.05, 3.63) is 12.2 Å². The van der Waals surface area contributed by atoms with E-state index in [1.54, 1.807) is 6.08 Å². The number of carbonyl (C=O) groups is 1. The van der Waals surface area contributed by atoms with E-state index in [0.29, 0.717) is 6.42 Å². The third-order valence-corrected chi connectivity index (χ3v) is 8.27. The average Bonchev–Trinajstić information content (AvgIpc) is 2.96. The molecule has 0 spiro atoms. The summed E-state index contributed by atoms with van der Waals surface area (Å²) in [6, 6.07) is -0.613. The molecule has 1 amide bonds. The molecule has 0 aromatic rings. The van der Waals surface area contributed by atoms with Gasteiger partial charge in [-0.1, -0.05) is 180 Å². The van der Waals surface area contributed by atoms with Crippen LogP contribution in [0.15, 0.2) is 12.2 Å². The molecule has 2 unspecified atom stereocenters. The molecule has 4 heteroatoms. The molecule has 0 saturated heterocycles. The average molecular weight is 566 g/mol. The Balaban J connectivity index is 3.52. The Hall–Kier alpha value is -0.870. The second-order valence-electron chi connectivity index (χ2n) is 12.3. The summed E-state index contributed by atoms with van der Waals surface area (Å²) in [6.07, 6.45) is 38.7. The van der Waals surface area contributed by atoms with Crippen molar-refractivity contribution in [2.45, 2.75) is 206 Å². The van der Waals surface area contributed by atoms with Gasteiger partial charge < -0.3 is 15.5 Å². The van der Waals surface area contributed by atoms with E-state index in [4.69, 9.17) is 0 Å². The molecule has 0 saturated carbocycles. The number of aliphatic hydroxyl groups is 2. The van der Waals surface area contributed by atoms with Gasteiger partial charge in [-0.25, -0.2) is 0 Å². The van der Waals surface area contributed by atoms with E-state index >= 15 is 0 Å². The van der Waals surface area contributed by atoms with Crippen molar-refractivity contribution in [3.63, 3.8) is 0 Å². The number of amides is 1. The van der Waals surface area contributed by atoms with Crippen molar-refractivity contribution in [2.75, 3.05) is 6.61 Å². The Bertz CT molecular complexity index is 536. The zero-order chi connectivity index (χ0) is 29.4. The maximum atomic E-state index is 12.3. The topological polar surface area (TPSA) is 69.6 Å². The van der Waals surface area contributed by atoms with Crippen LogP contribution in [-0.2, 0) is 4.79 Å². The van der Waals surface area contributed by atoms with Crippen LogP contribution < -0.4 is 5.32 Å². The molecular weight excluding hydrogens is 494 g/mol. The van der Waals surface area contributed by atoms with E-state index in [1.165, 1.54) is 148 Å². The van der Waals surface area contributed by atoms with Crippen LogP contribution in [0.1, 0.15) is 194 Å². The quantitative estimate of drug-likeness (QED) is 0.0561. The fraction of sp³-hybridized carbons (Fsp3) is 0.917. The predicted octanol–water partition coefficient (Wildman–Crippen LogP) is 10.3. The molecule has 3 N–H and O–H groups in total.